The lowest BCUT2D eigenvalue weighted by Crippen LogP contribution is -2.25. The Kier molecular flexibility index (Phi) is 15.0. The number of nitrogens with one attached hydrogen (secondary N) is 2. The van der Waals surface area contributed by atoms with Crippen molar-refractivity contribution in [2.24, 2.45) is 11.8 Å². The lowest BCUT2D eigenvalue weighted by Gasteiger charge is -2.18. The second kappa shape index (κ2) is 19.1. The highest BCUT2D eigenvalue weighted by atomic mass is 16.6. The summed E-state index contributed by atoms with van der Waals surface area (Å²) in [6.45, 7) is 14.3. The van der Waals surface area contributed by atoms with Crippen molar-refractivity contribution in [3.8, 4) is 0 Å². The first-order valence-corrected chi connectivity index (χ1v) is 16.9. The third-order valence-electron chi connectivity index (χ3n) is 7.15. The van der Waals surface area contributed by atoms with Gasteiger partial charge < -0.3 is 30.6 Å². The van der Waals surface area contributed by atoms with Crippen LogP contribution in [0.15, 0.2) is 54.1 Å². The molecular formula is C37H50N6O6. The molecule has 0 aliphatic heterocycles. The molecule has 0 bridgehead atoms. The number of benzene rings is 2. The summed E-state index contributed by atoms with van der Waals surface area (Å²) in [6.07, 6.45) is 4.98. The van der Waals surface area contributed by atoms with Gasteiger partial charge in [0, 0.05) is 11.4 Å². The molecule has 49 heavy (non-hydrogen) atoms. The van der Waals surface area contributed by atoms with Gasteiger partial charge in [0.1, 0.15) is 5.57 Å². The number of nitrogens with zero attached hydrogens (tertiary/aromatic N) is 3. The van der Waals surface area contributed by atoms with Crippen molar-refractivity contribution in [2.45, 2.75) is 92.8 Å². The first-order valence-electron chi connectivity index (χ1n) is 16.9. The lowest BCUT2D eigenvalue weighted by molar-refractivity contribution is -0.152. The van der Waals surface area contributed by atoms with Gasteiger partial charge in [-0.1, -0.05) is 59.6 Å². The Morgan fingerprint density at radius 3 is 1.69 bits per heavy atom. The number of nitrogens with two attached hydrogens (primary N) is 1. The van der Waals surface area contributed by atoms with Crippen LogP contribution >= 0.6 is 0 Å². The summed E-state index contributed by atoms with van der Waals surface area (Å²) >= 11 is 0. The number of hydrogen-bond donors (Lipinski definition) is 3. The normalized spacial score (nSPS) is 12.2. The molecule has 3 rings (SSSR count). The summed E-state index contributed by atoms with van der Waals surface area (Å²) in [6, 6.07) is 13.7. The zero-order chi connectivity index (χ0) is 35.9. The number of aromatic nitrogens is 3. The molecule has 0 radical (unpaired) electrons. The van der Waals surface area contributed by atoms with Crippen molar-refractivity contribution in [2.75, 3.05) is 23.0 Å². The lowest BCUT2D eigenvalue weighted by atomic mass is 10.1. The fraction of sp³-hybridized carbons (Fsp3) is 0.459. The highest BCUT2D eigenvalue weighted by Gasteiger charge is 2.25. The van der Waals surface area contributed by atoms with Gasteiger partial charge in [-0.3, -0.25) is 0 Å². The highest BCUT2D eigenvalue weighted by Crippen LogP contribution is 2.21. The van der Waals surface area contributed by atoms with E-state index in [1.807, 2.05) is 41.5 Å². The van der Waals surface area contributed by atoms with E-state index in [-0.39, 0.29) is 41.6 Å². The molecular weight excluding hydrogens is 624 g/mol. The maximum atomic E-state index is 13.1. The van der Waals surface area contributed by atoms with E-state index >= 15 is 0 Å². The van der Waals surface area contributed by atoms with Crippen LogP contribution in [0.2, 0.25) is 0 Å². The van der Waals surface area contributed by atoms with Crippen molar-refractivity contribution >= 4 is 53.2 Å². The Hall–Kier alpha value is -5.00. The third kappa shape index (κ3) is 13.6. The minimum Gasteiger partial charge on any atom is -0.462 e. The molecule has 1 heterocycles. The molecule has 2 unspecified atom stereocenters. The molecule has 0 aliphatic carbocycles. The molecule has 0 saturated carbocycles. The average Bonchev–Trinajstić information content (AvgIpc) is 3.01. The summed E-state index contributed by atoms with van der Waals surface area (Å²) in [5.74, 6) is -0.798. The maximum Gasteiger partial charge on any atom is 0.345 e. The number of esters is 3. The first kappa shape index (κ1) is 38.4. The fourth-order valence-corrected chi connectivity index (χ4v) is 5.00. The Morgan fingerprint density at radius 1 is 0.735 bits per heavy atom. The van der Waals surface area contributed by atoms with Gasteiger partial charge in [0.05, 0.1) is 24.4 Å². The number of hydrogen-bond acceptors (Lipinski definition) is 12. The Labute approximate surface area is 289 Å². The largest absolute Gasteiger partial charge is 0.462 e. The van der Waals surface area contributed by atoms with Gasteiger partial charge in [0.15, 0.2) is 0 Å². The third-order valence-corrected chi connectivity index (χ3v) is 7.15. The number of nitrogen functional groups attached to an aromatic ring is 1. The zero-order valence-electron chi connectivity index (χ0n) is 29.6. The summed E-state index contributed by atoms with van der Waals surface area (Å²) in [5.41, 5.74) is 8.08. The van der Waals surface area contributed by atoms with Crippen LogP contribution in [0.3, 0.4) is 0 Å². The van der Waals surface area contributed by atoms with Crippen molar-refractivity contribution in [3.63, 3.8) is 0 Å². The molecule has 4 N–H and O–H groups in total. The average molecular weight is 675 g/mol. The number of carbonyl (C=O) groups excluding carboxylic acids is 3. The van der Waals surface area contributed by atoms with Crippen LogP contribution < -0.4 is 16.4 Å². The SMILES string of the molecule is CCCCCOC(=O)c1ccc(Nc2nc(N)nc(Nc3ccc(C=C(C(=O)OC(C)CC(C)C)C(=O)OC(C)CC(C)C)cc3)n2)cc1. The van der Waals surface area contributed by atoms with Crippen LogP contribution in [0.4, 0.5) is 29.2 Å². The van der Waals surface area contributed by atoms with Crippen LogP contribution in [-0.4, -0.2) is 51.7 Å². The Bertz CT molecular complexity index is 1520. The van der Waals surface area contributed by atoms with Gasteiger partial charge in [-0.2, -0.15) is 15.0 Å². The zero-order valence-corrected chi connectivity index (χ0v) is 29.6. The van der Waals surface area contributed by atoms with Gasteiger partial charge in [0.25, 0.3) is 0 Å². The number of anilines is 5. The van der Waals surface area contributed by atoms with Crippen molar-refractivity contribution in [3.05, 3.63) is 65.2 Å². The van der Waals surface area contributed by atoms with Crippen LogP contribution in [-0.2, 0) is 23.8 Å². The smallest absolute Gasteiger partial charge is 0.345 e. The second-order valence-electron chi connectivity index (χ2n) is 12.9. The monoisotopic (exact) mass is 674 g/mol. The minimum atomic E-state index is -0.727. The number of unbranched alkanes of at least 4 members (excludes halogenated alkanes) is 2. The molecule has 1 aromatic heterocycles. The van der Waals surface area contributed by atoms with E-state index in [0.29, 0.717) is 53.8 Å². The van der Waals surface area contributed by atoms with E-state index in [0.717, 1.165) is 19.3 Å². The molecule has 0 saturated heterocycles. The Morgan fingerprint density at radius 2 is 1.22 bits per heavy atom. The van der Waals surface area contributed by atoms with Gasteiger partial charge in [-0.05, 0) is 93.0 Å². The van der Waals surface area contributed by atoms with Gasteiger partial charge in [-0.15, -0.1) is 0 Å². The molecule has 0 aliphatic rings. The molecule has 12 heteroatoms. The van der Waals surface area contributed by atoms with E-state index in [1.165, 1.54) is 6.08 Å². The van der Waals surface area contributed by atoms with Gasteiger partial charge >= 0.3 is 17.9 Å². The molecule has 2 aromatic carbocycles. The summed E-state index contributed by atoms with van der Waals surface area (Å²) < 4.78 is 16.5. The van der Waals surface area contributed by atoms with Gasteiger partial charge in [0.2, 0.25) is 17.8 Å². The predicted octanol–water partition coefficient (Wildman–Crippen LogP) is 7.63. The molecule has 264 valence electrons. The quantitative estimate of drug-likeness (QED) is 0.0302. The topological polar surface area (TPSA) is 168 Å². The first-order chi connectivity index (χ1) is 23.3. The summed E-state index contributed by atoms with van der Waals surface area (Å²) in [5, 5.41) is 6.16. The minimum absolute atomic E-state index is 0.00751. The van der Waals surface area contributed by atoms with E-state index in [2.05, 4.69) is 32.5 Å². The summed E-state index contributed by atoms with van der Waals surface area (Å²) in [7, 11) is 0. The molecule has 12 nitrogen and oxygen atoms in total. The number of ether oxygens (including phenoxy) is 3. The van der Waals surface area contributed by atoms with E-state index in [4.69, 9.17) is 19.9 Å². The van der Waals surface area contributed by atoms with Crippen LogP contribution in [0, 0.1) is 11.8 Å². The van der Waals surface area contributed by atoms with E-state index in [9.17, 15) is 14.4 Å². The number of carbonyl (C=O) groups is 3. The van der Waals surface area contributed by atoms with Crippen molar-refractivity contribution < 1.29 is 28.6 Å². The van der Waals surface area contributed by atoms with Crippen molar-refractivity contribution in [1.29, 1.82) is 0 Å². The molecule has 0 spiro atoms. The van der Waals surface area contributed by atoms with Crippen LogP contribution in [0.5, 0.6) is 0 Å². The molecule has 0 amide bonds. The van der Waals surface area contributed by atoms with E-state index < -0.39 is 11.9 Å². The van der Waals surface area contributed by atoms with E-state index in [1.54, 1.807) is 48.5 Å². The summed E-state index contributed by atoms with van der Waals surface area (Å²) in [4.78, 5) is 51.3. The highest BCUT2D eigenvalue weighted by molar-refractivity contribution is 6.17. The molecule has 2 atom stereocenters. The molecule has 0 fully saturated rings. The van der Waals surface area contributed by atoms with Crippen molar-refractivity contribution in [1.82, 2.24) is 15.0 Å². The van der Waals surface area contributed by atoms with Crippen LogP contribution in [0.1, 0.15) is 96.5 Å². The Balaban J connectivity index is 1.72. The maximum absolute atomic E-state index is 13.1. The van der Waals surface area contributed by atoms with Gasteiger partial charge in [-0.25, -0.2) is 14.4 Å². The van der Waals surface area contributed by atoms with Crippen LogP contribution in [0.25, 0.3) is 6.08 Å². The standard InChI is InChI=1S/C37H50N6O6/c1-8-9-10-19-47-32(44)28-13-17-30(18-14-28)40-37-42-35(38)41-36(43-37)39-29-15-11-27(12-16-29)22-31(33(45)48-25(6)20-23(2)3)34(46)49-26(7)21-24(4)5/h11-18,22-26H,8-10,19-21H2,1-7H3,(H4,38,39,40,41,42,43). The number of rotatable bonds is 18. The predicted molar refractivity (Wildman–Crippen MR) is 191 cm³/mol. The fourth-order valence-electron chi connectivity index (χ4n) is 5.00. The molecule has 3 aromatic rings. The second-order valence-corrected chi connectivity index (χ2v) is 12.9.